The van der Waals surface area contributed by atoms with Gasteiger partial charge in [0.2, 0.25) is 0 Å². The Morgan fingerprint density at radius 2 is 1.73 bits per heavy atom. The number of hydrogen-bond acceptors (Lipinski definition) is 4. The van der Waals surface area contributed by atoms with Crippen molar-refractivity contribution in [3.05, 3.63) is 59.4 Å². The van der Waals surface area contributed by atoms with E-state index < -0.39 is 29.1 Å². The summed E-state index contributed by atoms with van der Waals surface area (Å²) in [6.07, 6.45) is 1.82. The van der Waals surface area contributed by atoms with Crippen LogP contribution >= 0.6 is 0 Å². The largest absolute Gasteiger partial charge is 0.376 e. The number of para-hydroxylation sites is 1. The molecule has 2 amide bonds. The van der Waals surface area contributed by atoms with E-state index in [4.69, 9.17) is 4.74 Å². The number of hydrogen-bond donors (Lipinski definition) is 2. The minimum Gasteiger partial charge on any atom is -0.376 e. The number of pyridine rings is 1. The van der Waals surface area contributed by atoms with Crippen molar-refractivity contribution in [1.82, 2.24) is 10.3 Å². The lowest BCUT2D eigenvalue weighted by atomic mass is 10.2. The maximum Gasteiger partial charge on any atom is 0.274 e. The molecule has 1 unspecified atom stereocenters. The SMILES string of the molecule is O=C(NCC1CCCO1)c1cccc(C(=O)Nc2c(F)cccc2F)n1. The average Bonchev–Trinajstić information content (AvgIpc) is 3.16. The molecule has 8 heteroatoms. The van der Waals surface area contributed by atoms with Crippen molar-refractivity contribution in [2.24, 2.45) is 0 Å². The first-order valence-electron chi connectivity index (χ1n) is 8.17. The Kier molecular flexibility index (Phi) is 5.52. The molecule has 26 heavy (non-hydrogen) atoms. The van der Waals surface area contributed by atoms with Gasteiger partial charge < -0.3 is 15.4 Å². The van der Waals surface area contributed by atoms with Crippen molar-refractivity contribution in [3.63, 3.8) is 0 Å². The van der Waals surface area contributed by atoms with E-state index in [0.717, 1.165) is 25.0 Å². The number of nitrogens with zero attached hydrogens (tertiary/aromatic N) is 1. The van der Waals surface area contributed by atoms with Crippen LogP contribution in [0.25, 0.3) is 0 Å². The fourth-order valence-corrected chi connectivity index (χ4v) is 2.58. The zero-order chi connectivity index (χ0) is 18.5. The number of amides is 2. The number of benzene rings is 1. The summed E-state index contributed by atoms with van der Waals surface area (Å²) in [5.41, 5.74) is -0.658. The lowest BCUT2D eigenvalue weighted by molar-refractivity contribution is 0.0853. The molecule has 136 valence electrons. The molecule has 1 aromatic carbocycles. The third kappa shape index (κ3) is 4.20. The highest BCUT2D eigenvalue weighted by Crippen LogP contribution is 2.18. The second kappa shape index (κ2) is 8.01. The number of carbonyl (C=O) groups excluding carboxylic acids is 2. The molecule has 0 aliphatic carbocycles. The molecular formula is C18H17F2N3O3. The summed E-state index contributed by atoms with van der Waals surface area (Å²) in [4.78, 5) is 28.3. The van der Waals surface area contributed by atoms with Crippen LogP contribution in [0.3, 0.4) is 0 Å². The Bertz CT molecular complexity index is 803. The van der Waals surface area contributed by atoms with Crippen molar-refractivity contribution >= 4 is 17.5 Å². The van der Waals surface area contributed by atoms with Crippen molar-refractivity contribution in [1.29, 1.82) is 0 Å². The maximum atomic E-state index is 13.6. The monoisotopic (exact) mass is 361 g/mol. The first kappa shape index (κ1) is 17.9. The van der Waals surface area contributed by atoms with Gasteiger partial charge in [0.15, 0.2) is 0 Å². The molecule has 1 fully saturated rings. The third-order valence-corrected chi connectivity index (χ3v) is 3.93. The number of carbonyl (C=O) groups is 2. The summed E-state index contributed by atoms with van der Waals surface area (Å²) in [6, 6.07) is 7.52. The van der Waals surface area contributed by atoms with Gasteiger partial charge in [-0.25, -0.2) is 13.8 Å². The van der Waals surface area contributed by atoms with Gasteiger partial charge in [0.25, 0.3) is 11.8 Å². The van der Waals surface area contributed by atoms with Crippen molar-refractivity contribution in [3.8, 4) is 0 Å². The molecule has 2 N–H and O–H groups in total. The van der Waals surface area contributed by atoms with E-state index in [-0.39, 0.29) is 17.5 Å². The van der Waals surface area contributed by atoms with Gasteiger partial charge in [0.05, 0.1) is 6.10 Å². The van der Waals surface area contributed by atoms with Gasteiger partial charge in [0.1, 0.15) is 28.7 Å². The number of rotatable bonds is 5. The van der Waals surface area contributed by atoms with Crippen LogP contribution in [-0.2, 0) is 4.74 Å². The van der Waals surface area contributed by atoms with E-state index in [9.17, 15) is 18.4 Å². The van der Waals surface area contributed by atoms with E-state index in [2.05, 4.69) is 15.6 Å². The van der Waals surface area contributed by atoms with E-state index in [1.165, 1.54) is 24.3 Å². The highest BCUT2D eigenvalue weighted by molar-refractivity contribution is 6.04. The Balaban J connectivity index is 1.68. The number of halogens is 2. The third-order valence-electron chi connectivity index (χ3n) is 3.93. The molecule has 1 atom stereocenters. The lowest BCUT2D eigenvalue weighted by Gasteiger charge is -2.11. The highest BCUT2D eigenvalue weighted by Gasteiger charge is 2.19. The standard InChI is InChI=1S/C18H17F2N3O3/c19-12-5-1-6-13(20)16(12)23-18(25)15-8-2-7-14(22-15)17(24)21-10-11-4-3-9-26-11/h1-2,5-8,11H,3-4,9-10H2,(H,21,24)(H,23,25). The minimum absolute atomic E-state index is 0.0190. The second-order valence-electron chi connectivity index (χ2n) is 5.80. The quantitative estimate of drug-likeness (QED) is 0.858. The van der Waals surface area contributed by atoms with E-state index in [0.29, 0.717) is 13.2 Å². The molecule has 6 nitrogen and oxygen atoms in total. The van der Waals surface area contributed by atoms with Gasteiger partial charge in [-0.15, -0.1) is 0 Å². The Morgan fingerprint density at radius 1 is 1.08 bits per heavy atom. The van der Waals surface area contributed by atoms with Crippen LogP contribution < -0.4 is 10.6 Å². The molecule has 1 aromatic heterocycles. The highest BCUT2D eigenvalue weighted by atomic mass is 19.1. The van der Waals surface area contributed by atoms with Gasteiger partial charge in [-0.1, -0.05) is 12.1 Å². The molecule has 1 saturated heterocycles. The van der Waals surface area contributed by atoms with Gasteiger partial charge in [0, 0.05) is 13.2 Å². The van der Waals surface area contributed by atoms with Crippen LogP contribution in [0.2, 0.25) is 0 Å². The molecule has 0 radical (unpaired) electrons. The molecule has 1 aliphatic rings. The maximum absolute atomic E-state index is 13.6. The zero-order valence-corrected chi connectivity index (χ0v) is 13.8. The van der Waals surface area contributed by atoms with Crippen molar-refractivity contribution in [2.45, 2.75) is 18.9 Å². The summed E-state index contributed by atoms with van der Waals surface area (Å²) >= 11 is 0. The summed E-state index contributed by atoms with van der Waals surface area (Å²) < 4.78 is 32.7. The molecule has 2 aromatic rings. The van der Waals surface area contributed by atoms with Crippen LogP contribution in [0.5, 0.6) is 0 Å². The van der Waals surface area contributed by atoms with Crippen LogP contribution in [0.15, 0.2) is 36.4 Å². The second-order valence-corrected chi connectivity index (χ2v) is 5.80. The van der Waals surface area contributed by atoms with Crippen LogP contribution in [0.1, 0.15) is 33.8 Å². The number of nitrogens with one attached hydrogen (secondary N) is 2. The first-order valence-corrected chi connectivity index (χ1v) is 8.17. The Hall–Kier alpha value is -2.87. The lowest BCUT2D eigenvalue weighted by Crippen LogP contribution is -2.32. The predicted octanol–water partition coefficient (Wildman–Crippen LogP) is 2.52. The molecule has 0 spiro atoms. The molecule has 3 rings (SSSR count). The number of aromatic nitrogens is 1. The summed E-state index contributed by atoms with van der Waals surface area (Å²) in [5, 5.41) is 4.83. The van der Waals surface area contributed by atoms with Gasteiger partial charge in [-0.3, -0.25) is 9.59 Å². The van der Waals surface area contributed by atoms with Crippen molar-refractivity contribution < 1.29 is 23.1 Å². The van der Waals surface area contributed by atoms with E-state index in [1.54, 1.807) is 0 Å². The van der Waals surface area contributed by atoms with Crippen LogP contribution in [-0.4, -0.2) is 36.1 Å². The normalized spacial score (nSPS) is 16.3. The van der Waals surface area contributed by atoms with Gasteiger partial charge in [-0.05, 0) is 37.1 Å². The van der Waals surface area contributed by atoms with Crippen LogP contribution in [0.4, 0.5) is 14.5 Å². The molecule has 1 aliphatic heterocycles. The minimum atomic E-state index is -0.899. The fraction of sp³-hybridized carbons (Fsp3) is 0.278. The molecule has 2 heterocycles. The topological polar surface area (TPSA) is 80.3 Å². The number of ether oxygens (including phenoxy) is 1. The molecule has 0 saturated carbocycles. The first-order chi connectivity index (χ1) is 12.5. The summed E-state index contributed by atoms with van der Waals surface area (Å²) in [6.45, 7) is 1.04. The Morgan fingerprint density at radius 3 is 2.38 bits per heavy atom. The van der Waals surface area contributed by atoms with Gasteiger partial charge >= 0.3 is 0 Å². The smallest absolute Gasteiger partial charge is 0.274 e. The average molecular weight is 361 g/mol. The zero-order valence-electron chi connectivity index (χ0n) is 13.8. The van der Waals surface area contributed by atoms with E-state index in [1.807, 2.05) is 0 Å². The van der Waals surface area contributed by atoms with E-state index >= 15 is 0 Å². The summed E-state index contributed by atoms with van der Waals surface area (Å²) in [7, 11) is 0. The van der Waals surface area contributed by atoms with Crippen molar-refractivity contribution in [2.75, 3.05) is 18.5 Å². The molecular weight excluding hydrogens is 344 g/mol. The number of anilines is 1. The fourth-order valence-electron chi connectivity index (χ4n) is 2.58. The summed E-state index contributed by atoms with van der Waals surface area (Å²) in [5.74, 6) is -3.07. The van der Waals surface area contributed by atoms with Crippen LogP contribution in [0, 0.1) is 11.6 Å². The predicted molar refractivity (Wildman–Crippen MR) is 89.9 cm³/mol. The van der Waals surface area contributed by atoms with Gasteiger partial charge in [-0.2, -0.15) is 0 Å². The molecule has 0 bridgehead atoms. The Labute approximate surface area is 148 Å².